The number of hydrogen-bond donors (Lipinski definition) is 2. The van der Waals surface area contributed by atoms with E-state index >= 15 is 0 Å². The van der Waals surface area contributed by atoms with Gasteiger partial charge >= 0.3 is 0 Å². The lowest BCUT2D eigenvalue weighted by Crippen LogP contribution is -3.15. The average Bonchev–Trinajstić information content (AvgIpc) is 2.52. The van der Waals surface area contributed by atoms with Crippen molar-refractivity contribution in [2.24, 2.45) is 0 Å². The molecule has 1 fully saturated rings. The maximum Gasteiger partial charge on any atom is 0.214 e. The second-order valence-electron chi connectivity index (χ2n) is 6.88. The number of carbonyl (C=O) groups is 1. The molecule has 1 aliphatic rings. The Hall–Kier alpha value is -1.94. The van der Waals surface area contributed by atoms with Crippen LogP contribution in [0.15, 0.2) is 18.2 Å². The first kappa shape index (κ1) is 15.9. The van der Waals surface area contributed by atoms with Crippen molar-refractivity contribution in [2.75, 3.05) is 6.54 Å². The van der Waals surface area contributed by atoms with Gasteiger partial charge in [0.05, 0.1) is 18.0 Å². The van der Waals surface area contributed by atoms with Crippen LogP contribution in [-0.4, -0.2) is 23.5 Å². The van der Waals surface area contributed by atoms with Crippen molar-refractivity contribution >= 4 is 16.7 Å². The molecule has 2 heterocycles. The number of ketones is 1. The maximum absolute atomic E-state index is 11.6. The first-order valence-corrected chi connectivity index (χ1v) is 8.50. The van der Waals surface area contributed by atoms with E-state index in [2.05, 4.69) is 11.9 Å². The number of rotatable bonds is 3. The summed E-state index contributed by atoms with van der Waals surface area (Å²) in [4.78, 5) is 16.5. The van der Waals surface area contributed by atoms with E-state index in [-0.39, 0.29) is 5.78 Å². The normalized spacial score (nSPS) is 21.5. The molecular weight excluding hydrogens is 288 g/mol. The molecule has 4 nitrogen and oxygen atoms in total. The number of aromatic nitrogens is 1. The second kappa shape index (κ2) is 6.28. The minimum Gasteiger partial charge on any atom is -0.506 e. The first-order chi connectivity index (χ1) is 11.0. The van der Waals surface area contributed by atoms with Crippen LogP contribution >= 0.6 is 0 Å². The van der Waals surface area contributed by atoms with E-state index in [1.807, 2.05) is 13.0 Å². The number of quaternary nitrogens is 1. The summed E-state index contributed by atoms with van der Waals surface area (Å²) in [6.45, 7) is 7.85. The first-order valence-electron chi connectivity index (χ1n) is 8.50. The van der Waals surface area contributed by atoms with Gasteiger partial charge in [-0.15, -0.1) is 0 Å². The van der Waals surface area contributed by atoms with Crippen LogP contribution in [0.25, 0.3) is 10.9 Å². The highest BCUT2D eigenvalue weighted by Gasteiger charge is 2.27. The highest BCUT2D eigenvalue weighted by molar-refractivity contribution is 5.98. The molecule has 0 bridgehead atoms. The van der Waals surface area contributed by atoms with Crippen molar-refractivity contribution in [2.45, 2.75) is 52.6 Å². The number of carbonyl (C=O) groups excluding carboxylic acids is 1. The molecule has 1 aromatic heterocycles. The third-order valence-corrected chi connectivity index (χ3v) is 5.23. The van der Waals surface area contributed by atoms with Gasteiger partial charge in [-0.3, -0.25) is 4.79 Å². The van der Waals surface area contributed by atoms with Crippen LogP contribution in [0.2, 0.25) is 0 Å². The maximum atomic E-state index is 11.6. The number of piperidine rings is 1. The Morgan fingerprint density at radius 1 is 1.39 bits per heavy atom. The van der Waals surface area contributed by atoms with E-state index in [4.69, 9.17) is 0 Å². The molecule has 3 rings (SSSR count). The second-order valence-corrected chi connectivity index (χ2v) is 6.88. The zero-order chi connectivity index (χ0) is 16.6. The zero-order valence-electron chi connectivity index (χ0n) is 14.2. The summed E-state index contributed by atoms with van der Waals surface area (Å²) in [5.74, 6) is 0.341. The molecule has 3 N–H and O–H groups in total. The van der Waals surface area contributed by atoms with Crippen LogP contribution in [0.5, 0.6) is 5.75 Å². The van der Waals surface area contributed by atoms with Crippen LogP contribution in [-0.2, 0) is 6.54 Å². The van der Waals surface area contributed by atoms with Gasteiger partial charge in [-0.1, -0.05) is 0 Å². The third-order valence-electron chi connectivity index (χ3n) is 5.23. The van der Waals surface area contributed by atoms with E-state index in [9.17, 15) is 9.90 Å². The van der Waals surface area contributed by atoms with Crippen molar-refractivity contribution in [1.29, 1.82) is 0 Å². The van der Waals surface area contributed by atoms with Crippen molar-refractivity contribution < 1.29 is 19.8 Å². The Bertz CT molecular complexity index is 755. The fourth-order valence-electron chi connectivity index (χ4n) is 3.64. The molecular formula is C19H26N2O2+2. The smallest absolute Gasteiger partial charge is 0.214 e. The van der Waals surface area contributed by atoms with Gasteiger partial charge in [-0.05, 0) is 45.2 Å². The van der Waals surface area contributed by atoms with Gasteiger partial charge < -0.3 is 10.0 Å². The van der Waals surface area contributed by atoms with E-state index in [0.29, 0.717) is 17.4 Å². The summed E-state index contributed by atoms with van der Waals surface area (Å²) < 4.78 is 0. The SMILES string of the molecule is CC(=O)c1ccc2[nH+]c(C)c(C[NH+]3CCCCC3C)c(O)c2c1. The topological polar surface area (TPSA) is 55.9 Å². The summed E-state index contributed by atoms with van der Waals surface area (Å²) in [6.07, 6.45) is 3.81. The Balaban J connectivity index is 2.03. The lowest BCUT2D eigenvalue weighted by molar-refractivity contribution is -0.942. The van der Waals surface area contributed by atoms with Crippen molar-refractivity contribution in [1.82, 2.24) is 0 Å². The van der Waals surface area contributed by atoms with Crippen LogP contribution in [0.3, 0.4) is 0 Å². The summed E-state index contributed by atoms with van der Waals surface area (Å²) >= 11 is 0. The van der Waals surface area contributed by atoms with Gasteiger partial charge in [-0.25, -0.2) is 4.98 Å². The number of H-pyrrole nitrogens is 1. The Morgan fingerprint density at radius 3 is 2.87 bits per heavy atom. The van der Waals surface area contributed by atoms with Gasteiger partial charge in [0, 0.05) is 18.6 Å². The number of pyridine rings is 1. The molecule has 1 saturated heterocycles. The van der Waals surface area contributed by atoms with E-state index in [0.717, 1.165) is 35.2 Å². The predicted octanol–water partition coefficient (Wildman–Crippen LogP) is 1.83. The predicted molar refractivity (Wildman–Crippen MR) is 89.8 cm³/mol. The number of aromatic hydroxyl groups is 1. The van der Waals surface area contributed by atoms with Crippen LogP contribution in [0, 0.1) is 6.92 Å². The van der Waals surface area contributed by atoms with Crippen molar-refractivity contribution in [3.8, 4) is 5.75 Å². The standard InChI is InChI=1S/C19H24N2O2/c1-12-6-4-5-9-21(12)11-17-13(2)20-18-8-7-15(14(3)22)10-16(18)19(17)23/h7-8,10,12H,4-6,9,11H2,1-3H3,(H,20,23)/p+2. The summed E-state index contributed by atoms with van der Waals surface area (Å²) in [5.41, 5.74) is 3.49. The fourth-order valence-corrected chi connectivity index (χ4v) is 3.64. The van der Waals surface area contributed by atoms with Crippen LogP contribution < -0.4 is 9.88 Å². The van der Waals surface area contributed by atoms with Crippen molar-refractivity contribution in [3.63, 3.8) is 0 Å². The molecule has 4 heteroatoms. The highest BCUT2D eigenvalue weighted by atomic mass is 16.3. The molecule has 2 atom stereocenters. The number of Topliss-reactive ketones (excluding diaryl/α,β-unsaturated/α-hetero) is 1. The minimum atomic E-state index is 0.0173. The number of benzene rings is 1. The summed E-state index contributed by atoms with van der Waals surface area (Å²) in [6, 6.07) is 6.10. The fraction of sp³-hybridized carbons (Fsp3) is 0.474. The van der Waals surface area contributed by atoms with Crippen LogP contribution in [0.4, 0.5) is 0 Å². The number of likely N-dealkylation sites (tertiary alicyclic amines) is 1. The van der Waals surface area contributed by atoms with Gasteiger partial charge in [0.15, 0.2) is 11.5 Å². The number of aromatic amines is 1. The van der Waals surface area contributed by atoms with E-state index in [1.54, 1.807) is 19.1 Å². The highest BCUT2D eigenvalue weighted by Crippen LogP contribution is 2.28. The molecule has 0 spiro atoms. The minimum absolute atomic E-state index is 0.0173. The lowest BCUT2D eigenvalue weighted by Gasteiger charge is -2.30. The quantitative estimate of drug-likeness (QED) is 0.849. The molecule has 2 unspecified atom stereocenters. The van der Waals surface area contributed by atoms with Crippen LogP contribution in [0.1, 0.15) is 54.7 Å². The zero-order valence-corrected chi connectivity index (χ0v) is 14.2. The van der Waals surface area contributed by atoms with Gasteiger partial charge in [-0.2, -0.15) is 0 Å². The molecule has 0 aliphatic carbocycles. The average molecular weight is 314 g/mol. The van der Waals surface area contributed by atoms with Crippen molar-refractivity contribution in [3.05, 3.63) is 35.0 Å². The van der Waals surface area contributed by atoms with Gasteiger partial charge in [0.1, 0.15) is 17.9 Å². The molecule has 2 aromatic rings. The third kappa shape index (κ3) is 3.08. The molecule has 1 aromatic carbocycles. The molecule has 1 aliphatic heterocycles. The summed E-state index contributed by atoms with van der Waals surface area (Å²) in [7, 11) is 0. The largest absolute Gasteiger partial charge is 0.506 e. The lowest BCUT2D eigenvalue weighted by atomic mass is 10.00. The monoisotopic (exact) mass is 314 g/mol. The number of nitrogens with one attached hydrogen (secondary N) is 2. The Kier molecular flexibility index (Phi) is 4.35. The number of hydrogen-bond acceptors (Lipinski definition) is 2. The molecule has 23 heavy (non-hydrogen) atoms. The number of fused-ring (bicyclic) bond motifs is 1. The molecule has 0 radical (unpaired) electrons. The van der Waals surface area contributed by atoms with Gasteiger partial charge in [0.25, 0.3) is 0 Å². The molecule has 0 saturated carbocycles. The van der Waals surface area contributed by atoms with E-state index in [1.165, 1.54) is 24.2 Å². The van der Waals surface area contributed by atoms with E-state index < -0.39 is 0 Å². The molecule has 0 amide bonds. The Morgan fingerprint density at radius 2 is 2.17 bits per heavy atom. The number of aryl methyl sites for hydroxylation is 1. The summed E-state index contributed by atoms with van der Waals surface area (Å²) in [5, 5.41) is 11.5. The molecule has 122 valence electrons. The van der Waals surface area contributed by atoms with Gasteiger partial charge in [0.2, 0.25) is 5.52 Å². The Labute approximate surface area is 137 Å².